The summed E-state index contributed by atoms with van der Waals surface area (Å²) in [6.45, 7) is 2.97. The number of benzene rings is 1. The second-order valence-electron chi connectivity index (χ2n) is 6.38. The fourth-order valence-electron chi connectivity index (χ4n) is 3.54. The molecule has 1 aromatic carbocycles. The molecule has 114 valence electrons. The van der Waals surface area contributed by atoms with E-state index in [9.17, 15) is 4.79 Å². The van der Waals surface area contributed by atoms with E-state index in [4.69, 9.17) is 4.74 Å². The van der Waals surface area contributed by atoms with Crippen LogP contribution in [0.5, 0.6) is 0 Å². The first kappa shape index (κ1) is 14.4. The number of rotatable bonds is 3. The summed E-state index contributed by atoms with van der Waals surface area (Å²) in [7, 11) is 4.11. The zero-order chi connectivity index (χ0) is 15.0. The van der Waals surface area contributed by atoms with Crippen molar-refractivity contribution in [1.29, 1.82) is 0 Å². The number of hydrogen-bond donors (Lipinski definition) is 0. The summed E-state index contributed by atoms with van der Waals surface area (Å²) in [4.78, 5) is 16.5. The van der Waals surface area contributed by atoms with Crippen LogP contribution in [0.25, 0.3) is 0 Å². The molecular weight excluding hydrogens is 264 g/mol. The summed E-state index contributed by atoms with van der Waals surface area (Å²) in [5, 5.41) is 0. The number of ether oxygens (including phenoxy) is 1. The number of nitrogens with zero attached hydrogens (tertiary/aromatic N) is 2. The lowest BCUT2D eigenvalue weighted by atomic mass is 10.0. The molecular formula is C17H24N2O2. The van der Waals surface area contributed by atoms with E-state index in [2.05, 4.69) is 48.2 Å². The van der Waals surface area contributed by atoms with E-state index in [1.807, 2.05) is 6.92 Å². The molecule has 3 atom stereocenters. The molecule has 2 heterocycles. The van der Waals surface area contributed by atoms with E-state index in [0.29, 0.717) is 6.04 Å². The van der Waals surface area contributed by atoms with Crippen LogP contribution in [0.1, 0.15) is 37.8 Å². The fourth-order valence-corrected chi connectivity index (χ4v) is 3.54. The Balaban J connectivity index is 1.84. The highest BCUT2D eigenvalue weighted by atomic mass is 16.6. The van der Waals surface area contributed by atoms with Gasteiger partial charge in [-0.25, -0.2) is 0 Å². The molecule has 2 aliphatic rings. The molecule has 0 amide bonds. The van der Waals surface area contributed by atoms with Gasteiger partial charge < -0.3 is 9.64 Å². The Kier molecular flexibility index (Phi) is 3.89. The van der Waals surface area contributed by atoms with Gasteiger partial charge in [-0.2, -0.15) is 0 Å². The number of hydrogen-bond acceptors (Lipinski definition) is 4. The van der Waals surface area contributed by atoms with Gasteiger partial charge >= 0.3 is 5.97 Å². The van der Waals surface area contributed by atoms with Gasteiger partial charge in [0.25, 0.3) is 0 Å². The maximum Gasteiger partial charge on any atom is 0.323 e. The third kappa shape index (κ3) is 2.77. The van der Waals surface area contributed by atoms with E-state index < -0.39 is 0 Å². The number of carbonyl (C=O) groups is 1. The molecule has 1 aromatic rings. The Labute approximate surface area is 126 Å². The molecule has 0 bridgehead atoms. The second kappa shape index (κ2) is 5.68. The van der Waals surface area contributed by atoms with Crippen molar-refractivity contribution in [1.82, 2.24) is 4.90 Å². The van der Waals surface area contributed by atoms with Gasteiger partial charge in [0.1, 0.15) is 12.1 Å². The largest absolute Gasteiger partial charge is 0.461 e. The van der Waals surface area contributed by atoms with Crippen LogP contribution < -0.4 is 4.90 Å². The van der Waals surface area contributed by atoms with Crippen molar-refractivity contribution < 1.29 is 9.53 Å². The minimum Gasteiger partial charge on any atom is -0.461 e. The van der Waals surface area contributed by atoms with Crippen molar-refractivity contribution >= 4 is 11.7 Å². The van der Waals surface area contributed by atoms with Crippen molar-refractivity contribution in [2.45, 2.75) is 44.4 Å². The molecule has 4 nitrogen and oxygen atoms in total. The van der Waals surface area contributed by atoms with Gasteiger partial charge in [-0.15, -0.1) is 0 Å². The summed E-state index contributed by atoms with van der Waals surface area (Å²) in [5.74, 6) is -0.0434. The topological polar surface area (TPSA) is 32.8 Å². The summed E-state index contributed by atoms with van der Waals surface area (Å²) < 4.78 is 5.34. The van der Waals surface area contributed by atoms with Gasteiger partial charge in [0.2, 0.25) is 0 Å². The van der Waals surface area contributed by atoms with Gasteiger partial charge in [0.05, 0.1) is 0 Å². The normalized spacial score (nSPS) is 29.7. The lowest BCUT2D eigenvalue weighted by Gasteiger charge is -2.29. The quantitative estimate of drug-likeness (QED) is 0.800. The SMILES string of the molecule is C[C@@H]1C[C@H](N2CCC[C@H]2c2cccc(N(C)C)c2)C(=O)O1. The van der Waals surface area contributed by atoms with Crippen LogP contribution in [0, 0.1) is 0 Å². The van der Waals surface area contributed by atoms with Crippen molar-refractivity contribution in [3.8, 4) is 0 Å². The van der Waals surface area contributed by atoms with Crippen LogP contribution in [0.3, 0.4) is 0 Å². The molecule has 0 radical (unpaired) electrons. The van der Waals surface area contributed by atoms with Gasteiger partial charge in [-0.3, -0.25) is 9.69 Å². The number of carbonyl (C=O) groups excluding carboxylic acids is 1. The first-order valence-electron chi connectivity index (χ1n) is 7.80. The van der Waals surface area contributed by atoms with Gasteiger partial charge in [-0.1, -0.05) is 12.1 Å². The Bertz CT molecular complexity index is 529. The van der Waals surface area contributed by atoms with E-state index in [1.165, 1.54) is 11.3 Å². The van der Waals surface area contributed by atoms with Crippen molar-refractivity contribution in [2.75, 3.05) is 25.5 Å². The summed E-state index contributed by atoms with van der Waals surface area (Å²) in [6.07, 6.45) is 3.14. The molecule has 2 aliphatic heterocycles. The third-order valence-corrected chi connectivity index (χ3v) is 4.61. The first-order chi connectivity index (χ1) is 10.1. The molecule has 0 saturated carbocycles. The Hall–Kier alpha value is -1.55. The molecule has 0 aromatic heterocycles. The zero-order valence-corrected chi connectivity index (χ0v) is 13.1. The minimum absolute atomic E-state index is 0.0434. The van der Waals surface area contributed by atoms with Gasteiger partial charge in [-0.05, 0) is 44.0 Å². The zero-order valence-electron chi connectivity index (χ0n) is 13.1. The van der Waals surface area contributed by atoms with Gasteiger partial charge in [0.15, 0.2) is 0 Å². The van der Waals surface area contributed by atoms with Gasteiger partial charge in [0, 0.05) is 32.2 Å². The maximum absolute atomic E-state index is 12.1. The summed E-state index contributed by atoms with van der Waals surface area (Å²) in [5.41, 5.74) is 2.52. The Morgan fingerprint density at radius 3 is 2.76 bits per heavy atom. The Morgan fingerprint density at radius 1 is 1.29 bits per heavy atom. The molecule has 0 spiro atoms. The number of likely N-dealkylation sites (tertiary alicyclic amines) is 1. The predicted octanol–water partition coefficient (Wildman–Crippen LogP) is 2.59. The fraction of sp³-hybridized carbons (Fsp3) is 0.588. The van der Waals surface area contributed by atoms with Crippen LogP contribution in [-0.2, 0) is 9.53 Å². The number of cyclic esters (lactones) is 1. The molecule has 2 fully saturated rings. The standard InChI is InChI=1S/C17H24N2O2/c1-12-10-16(17(20)21-12)19-9-5-8-15(19)13-6-4-7-14(11-13)18(2)3/h4,6-7,11-12,15-16H,5,8-10H2,1-3H3/t12-,15+,16+/m1/s1. The average Bonchev–Trinajstić information content (AvgIpc) is 3.05. The number of anilines is 1. The predicted molar refractivity (Wildman–Crippen MR) is 83.4 cm³/mol. The molecule has 0 aliphatic carbocycles. The van der Waals surface area contributed by atoms with Crippen LogP contribution >= 0.6 is 0 Å². The Morgan fingerprint density at radius 2 is 2.10 bits per heavy atom. The van der Waals surface area contributed by atoms with Crippen molar-refractivity contribution in [3.05, 3.63) is 29.8 Å². The van der Waals surface area contributed by atoms with Crippen LogP contribution in [-0.4, -0.2) is 43.7 Å². The number of esters is 1. The lowest BCUT2D eigenvalue weighted by Crippen LogP contribution is -2.38. The summed E-state index contributed by atoms with van der Waals surface area (Å²) >= 11 is 0. The van der Waals surface area contributed by atoms with Crippen LogP contribution in [0.2, 0.25) is 0 Å². The molecule has 0 unspecified atom stereocenters. The van der Waals surface area contributed by atoms with E-state index in [1.54, 1.807) is 0 Å². The van der Waals surface area contributed by atoms with Crippen molar-refractivity contribution in [3.63, 3.8) is 0 Å². The molecule has 0 N–H and O–H groups in total. The highest BCUT2D eigenvalue weighted by molar-refractivity contribution is 5.78. The summed E-state index contributed by atoms with van der Waals surface area (Å²) in [6, 6.07) is 8.93. The van der Waals surface area contributed by atoms with E-state index in [0.717, 1.165) is 25.8 Å². The molecule has 4 heteroatoms. The third-order valence-electron chi connectivity index (χ3n) is 4.61. The van der Waals surface area contributed by atoms with Crippen LogP contribution in [0.15, 0.2) is 24.3 Å². The van der Waals surface area contributed by atoms with Crippen molar-refractivity contribution in [2.24, 2.45) is 0 Å². The maximum atomic E-state index is 12.1. The lowest BCUT2D eigenvalue weighted by molar-refractivity contribution is -0.145. The van der Waals surface area contributed by atoms with Crippen LogP contribution in [0.4, 0.5) is 5.69 Å². The second-order valence-corrected chi connectivity index (χ2v) is 6.38. The van der Waals surface area contributed by atoms with E-state index in [-0.39, 0.29) is 18.1 Å². The highest BCUT2D eigenvalue weighted by Crippen LogP contribution is 2.37. The monoisotopic (exact) mass is 288 g/mol. The molecule has 2 saturated heterocycles. The smallest absolute Gasteiger partial charge is 0.323 e. The minimum atomic E-state index is -0.0597. The molecule has 21 heavy (non-hydrogen) atoms. The average molecular weight is 288 g/mol. The first-order valence-corrected chi connectivity index (χ1v) is 7.80. The molecule has 3 rings (SSSR count). The highest BCUT2D eigenvalue weighted by Gasteiger charge is 2.41. The van der Waals surface area contributed by atoms with E-state index >= 15 is 0 Å².